The summed E-state index contributed by atoms with van der Waals surface area (Å²) >= 11 is 1.43. The number of fused-ring (bicyclic) bond motifs is 3. The lowest BCUT2D eigenvalue weighted by molar-refractivity contribution is -0.132. The van der Waals surface area contributed by atoms with Crippen molar-refractivity contribution in [3.63, 3.8) is 0 Å². The number of benzene rings is 1. The number of alkyl halides is 1. The third kappa shape index (κ3) is 11.2. The molecule has 3 unspecified atom stereocenters. The maximum atomic E-state index is 12.8. The molecule has 5 N–H and O–H groups in total. The van der Waals surface area contributed by atoms with E-state index in [2.05, 4.69) is 27.9 Å². The number of amides is 3. The van der Waals surface area contributed by atoms with Crippen LogP contribution in [0.3, 0.4) is 0 Å². The quantitative estimate of drug-likeness (QED) is 0.197. The van der Waals surface area contributed by atoms with Crippen LogP contribution < -0.4 is 16.0 Å². The molecule has 264 valence electrons. The van der Waals surface area contributed by atoms with Crippen LogP contribution in [0.4, 0.5) is 10.1 Å². The first kappa shape index (κ1) is 39.3. The molecule has 1 aromatic carbocycles. The molecular weight excluding hydrogens is 652 g/mol. The molecule has 3 saturated heterocycles. The minimum absolute atomic E-state index is 0.0979. The molecule has 4 aliphatic rings. The number of pyridine rings is 1. The summed E-state index contributed by atoms with van der Waals surface area (Å²) in [7, 11) is -0.317. The van der Waals surface area contributed by atoms with Crippen molar-refractivity contribution in [3.8, 4) is 0 Å². The van der Waals surface area contributed by atoms with Gasteiger partial charge in [-0.25, -0.2) is 4.39 Å². The topological polar surface area (TPSA) is 149 Å². The van der Waals surface area contributed by atoms with Crippen molar-refractivity contribution >= 4 is 53.7 Å². The minimum atomic E-state index is -1.92. The molecule has 0 radical (unpaired) electrons. The number of primary amides is 1. The number of rotatable bonds is 4. The van der Waals surface area contributed by atoms with E-state index in [0.29, 0.717) is 29.8 Å². The van der Waals surface area contributed by atoms with Gasteiger partial charge in [-0.2, -0.15) is 0 Å². The summed E-state index contributed by atoms with van der Waals surface area (Å²) in [6.07, 6.45) is 9.79. The normalized spacial score (nSPS) is 23.7. The summed E-state index contributed by atoms with van der Waals surface area (Å²) < 4.78 is 13.8. The SMILES string of the molecule is CC.CNC(=O)c1cc2cc(CP(O)O)ccc2s1.C[C@H]1C2CCC(=O)N3CCC[C@@H]3CC21.FC1CCN(c2cccnc2)C1.NC=O. The Hall–Kier alpha value is -3.18. The van der Waals surface area contributed by atoms with Crippen LogP contribution in [0, 0.1) is 17.8 Å². The van der Waals surface area contributed by atoms with E-state index in [-0.39, 0.29) is 18.5 Å². The van der Waals surface area contributed by atoms with Crippen LogP contribution in [0.25, 0.3) is 10.1 Å². The molecule has 1 saturated carbocycles. The summed E-state index contributed by atoms with van der Waals surface area (Å²) in [5, 5.41) is 3.54. The van der Waals surface area contributed by atoms with E-state index in [0.717, 1.165) is 65.0 Å². The Kier molecular flexibility index (Phi) is 16.1. The lowest BCUT2D eigenvalue weighted by Crippen LogP contribution is -2.36. The van der Waals surface area contributed by atoms with Gasteiger partial charge in [0.25, 0.3) is 5.91 Å². The van der Waals surface area contributed by atoms with Crippen molar-refractivity contribution < 1.29 is 28.6 Å². The second-order valence-electron chi connectivity index (χ2n) is 12.1. The predicted octanol–water partition coefficient (Wildman–Crippen LogP) is 5.86. The molecule has 13 heteroatoms. The van der Waals surface area contributed by atoms with Crippen LogP contribution >= 0.6 is 19.7 Å². The fourth-order valence-corrected chi connectivity index (χ4v) is 8.26. The van der Waals surface area contributed by atoms with Crippen LogP contribution in [0.5, 0.6) is 0 Å². The minimum Gasteiger partial charge on any atom is -0.372 e. The number of anilines is 1. The summed E-state index contributed by atoms with van der Waals surface area (Å²) in [6.45, 7) is 8.73. The van der Waals surface area contributed by atoms with Crippen molar-refractivity contribution in [2.24, 2.45) is 23.5 Å². The van der Waals surface area contributed by atoms with E-state index in [1.165, 1.54) is 30.6 Å². The van der Waals surface area contributed by atoms with Crippen LogP contribution in [0.1, 0.15) is 74.5 Å². The summed E-state index contributed by atoms with van der Waals surface area (Å²) in [4.78, 5) is 58.7. The smallest absolute Gasteiger partial charge is 0.261 e. The number of hydrogen-bond donors (Lipinski definition) is 4. The number of halogens is 1. The number of carbonyl (C=O) groups excluding carboxylic acids is 3. The number of hydrogen-bond acceptors (Lipinski definition) is 8. The highest BCUT2D eigenvalue weighted by Gasteiger charge is 2.49. The fourth-order valence-electron chi connectivity index (χ4n) is 6.74. The average Bonchev–Trinajstić information content (AvgIpc) is 3.57. The van der Waals surface area contributed by atoms with Crippen LogP contribution in [-0.2, 0) is 15.8 Å². The Morgan fingerprint density at radius 3 is 2.54 bits per heavy atom. The second-order valence-corrected chi connectivity index (χ2v) is 14.3. The first-order chi connectivity index (χ1) is 23.1. The molecule has 7 rings (SSSR count). The number of nitrogens with one attached hydrogen (secondary N) is 1. The van der Waals surface area contributed by atoms with Gasteiger partial charge in [0.15, 0.2) is 8.38 Å². The first-order valence-electron chi connectivity index (χ1n) is 16.8. The summed E-state index contributed by atoms with van der Waals surface area (Å²) in [5.41, 5.74) is 6.06. The van der Waals surface area contributed by atoms with Gasteiger partial charge in [0, 0.05) is 56.2 Å². The Morgan fingerprint density at radius 2 is 1.92 bits per heavy atom. The van der Waals surface area contributed by atoms with Gasteiger partial charge >= 0.3 is 0 Å². The molecule has 0 spiro atoms. The molecule has 0 bridgehead atoms. The Morgan fingerprint density at radius 1 is 1.17 bits per heavy atom. The lowest BCUT2D eigenvalue weighted by atomic mass is 10.0. The first-order valence-corrected chi connectivity index (χ1v) is 19.0. The third-order valence-corrected chi connectivity index (χ3v) is 11.0. The second kappa shape index (κ2) is 19.7. The van der Waals surface area contributed by atoms with Crippen molar-refractivity contribution in [3.05, 3.63) is 59.2 Å². The lowest BCUT2D eigenvalue weighted by Gasteiger charge is -2.26. The summed E-state index contributed by atoms with van der Waals surface area (Å²) in [5.74, 6) is 3.09. The average molecular weight is 704 g/mol. The van der Waals surface area contributed by atoms with Crippen molar-refractivity contribution in [2.45, 2.75) is 77.7 Å². The highest BCUT2D eigenvalue weighted by atomic mass is 32.1. The van der Waals surface area contributed by atoms with Crippen molar-refractivity contribution in [2.75, 3.05) is 31.6 Å². The Bertz CT molecular complexity index is 1450. The van der Waals surface area contributed by atoms with Crippen LogP contribution in [0.15, 0.2) is 48.8 Å². The van der Waals surface area contributed by atoms with E-state index in [9.17, 15) is 14.0 Å². The maximum Gasteiger partial charge on any atom is 0.261 e. The molecule has 2 aromatic heterocycles. The monoisotopic (exact) mass is 703 g/mol. The Labute approximate surface area is 288 Å². The van der Waals surface area contributed by atoms with Gasteiger partial charge in [-0.3, -0.25) is 19.4 Å². The van der Waals surface area contributed by atoms with Gasteiger partial charge in [0.05, 0.1) is 16.8 Å². The highest BCUT2D eigenvalue weighted by Crippen LogP contribution is 2.53. The molecule has 48 heavy (non-hydrogen) atoms. The van der Waals surface area contributed by atoms with Crippen molar-refractivity contribution in [1.82, 2.24) is 15.2 Å². The van der Waals surface area contributed by atoms with Gasteiger partial charge in [-0.1, -0.05) is 26.8 Å². The number of nitrogens with two attached hydrogens (primary N) is 1. The molecule has 3 aliphatic heterocycles. The standard InChI is InChI=1S/C12H19NO.C11H12NO3PS.C9H11FN2.C2H6.CH3NO/c1-8-10-4-5-12(14)13-6-2-3-9(13)7-11(8)10;1-12-11(13)10-5-8-4-7(6-16(14)15)2-3-9(8)17-10;10-8-3-5-12(7-8)9-2-1-4-11-6-9;1-2;2-1-3/h8-11H,2-7H2,1H3;2-5,14-15H,6H2,1H3,(H,12,13);1-2,4,6,8H,3,5,7H2;1-2H3;1H,(H2,2,3)/t8-,9+,10?,11?;;;;/m0..../s1. The van der Waals surface area contributed by atoms with E-state index in [1.807, 2.05) is 55.1 Å². The number of thiophene rings is 1. The zero-order valence-electron chi connectivity index (χ0n) is 28.4. The van der Waals surface area contributed by atoms with E-state index >= 15 is 0 Å². The zero-order valence-corrected chi connectivity index (χ0v) is 30.1. The van der Waals surface area contributed by atoms with E-state index in [1.54, 1.807) is 19.4 Å². The zero-order chi connectivity index (χ0) is 35.2. The van der Waals surface area contributed by atoms with Crippen LogP contribution in [-0.4, -0.2) is 76.8 Å². The molecule has 3 amide bonds. The molecule has 5 atom stereocenters. The van der Waals surface area contributed by atoms with Crippen LogP contribution in [0.2, 0.25) is 0 Å². The molecule has 4 fully saturated rings. The van der Waals surface area contributed by atoms with Gasteiger partial charge in [-0.15, -0.1) is 11.3 Å². The molecule has 10 nitrogen and oxygen atoms in total. The van der Waals surface area contributed by atoms with E-state index in [4.69, 9.17) is 14.6 Å². The predicted molar refractivity (Wildman–Crippen MR) is 193 cm³/mol. The Balaban J connectivity index is 0.000000185. The molecular formula is C35H51FN5O5PS. The van der Waals surface area contributed by atoms with E-state index < -0.39 is 14.5 Å². The fraction of sp³-hybridized carbons (Fsp3) is 0.543. The number of aromatic nitrogens is 1. The maximum absolute atomic E-state index is 12.8. The van der Waals surface area contributed by atoms with Gasteiger partial charge < -0.3 is 30.6 Å². The number of nitrogens with zero attached hydrogens (tertiary/aromatic N) is 3. The molecule has 1 aliphatic carbocycles. The van der Waals surface area contributed by atoms with Gasteiger partial charge in [0.2, 0.25) is 12.3 Å². The largest absolute Gasteiger partial charge is 0.372 e. The van der Waals surface area contributed by atoms with Crippen molar-refractivity contribution in [1.29, 1.82) is 0 Å². The third-order valence-electron chi connectivity index (χ3n) is 9.19. The summed E-state index contributed by atoms with van der Waals surface area (Å²) in [6, 6.07) is 11.9. The van der Waals surface area contributed by atoms with Gasteiger partial charge in [-0.05, 0) is 91.1 Å². The molecule has 5 heterocycles. The highest BCUT2D eigenvalue weighted by molar-refractivity contribution is 7.44. The van der Waals surface area contributed by atoms with Gasteiger partial charge in [0.1, 0.15) is 6.17 Å². The molecule has 3 aromatic rings. The number of carbonyl (C=O) groups is 3.